The monoisotopic (exact) mass is 363 g/mol. The summed E-state index contributed by atoms with van der Waals surface area (Å²) in [6.45, 7) is 1.97. The van der Waals surface area contributed by atoms with Crippen molar-refractivity contribution in [1.29, 1.82) is 0 Å². The summed E-state index contributed by atoms with van der Waals surface area (Å²) in [6.07, 6.45) is 1.76. The molecule has 2 heterocycles. The van der Waals surface area contributed by atoms with Crippen LogP contribution in [-0.4, -0.2) is 32.0 Å². The van der Waals surface area contributed by atoms with Crippen molar-refractivity contribution < 1.29 is 14.2 Å². The van der Waals surface area contributed by atoms with Gasteiger partial charge in [-0.15, -0.1) is 0 Å². The van der Waals surface area contributed by atoms with Crippen molar-refractivity contribution in [2.45, 2.75) is 19.9 Å². The zero-order chi connectivity index (χ0) is 18.0. The highest BCUT2D eigenvalue weighted by Crippen LogP contribution is 2.30. The third kappa shape index (κ3) is 3.61. The van der Waals surface area contributed by atoms with Crippen LogP contribution in [0.15, 0.2) is 28.9 Å². The van der Waals surface area contributed by atoms with Crippen LogP contribution in [0.5, 0.6) is 5.75 Å². The molecule has 0 amide bonds. The minimum Gasteiger partial charge on any atom is -0.496 e. The number of halogens is 1. The van der Waals surface area contributed by atoms with Crippen LogP contribution in [0.4, 0.5) is 5.69 Å². The lowest BCUT2D eigenvalue weighted by atomic mass is 10.2. The SMILES string of the molecule is COc1ccc(Cl)cc1-c1noc(CCn2cc([N+](=O)[O-])c(C)n2)n1. The second-order valence-electron chi connectivity index (χ2n) is 5.23. The molecule has 2 aromatic heterocycles. The van der Waals surface area contributed by atoms with Gasteiger partial charge in [-0.1, -0.05) is 16.8 Å². The lowest BCUT2D eigenvalue weighted by Gasteiger charge is -2.04. The van der Waals surface area contributed by atoms with Crippen LogP contribution in [0.1, 0.15) is 11.6 Å². The number of hydrogen-bond donors (Lipinski definition) is 0. The van der Waals surface area contributed by atoms with Gasteiger partial charge in [0.2, 0.25) is 11.7 Å². The molecule has 0 radical (unpaired) electrons. The largest absolute Gasteiger partial charge is 0.496 e. The Morgan fingerprint density at radius 3 is 2.92 bits per heavy atom. The van der Waals surface area contributed by atoms with Crippen molar-refractivity contribution in [1.82, 2.24) is 19.9 Å². The fourth-order valence-corrected chi connectivity index (χ4v) is 2.50. The first-order chi connectivity index (χ1) is 12.0. The predicted molar refractivity (Wildman–Crippen MR) is 88.6 cm³/mol. The topological polar surface area (TPSA) is 109 Å². The Labute approximate surface area is 147 Å². The Bertz CT molecular complexity index is 921. The molecule has 0 bridgehead atoms. The molecule has 0 aliphatic carbocycles. The van der Waals surface area contributed by atoms with Crippen LogP contribution in [-0.2, 0) is 13.0 Å². The van der Waals surface area contributed by atoms with Crippen molar-refractivity contribution >= 4 is 17.3 Å². The van der Waals surface area contributed by atoms with E-state index < -0.39 is 4.92 Å². The molecule has 0 aliphatic heterocycles. The summed E-state index contributed by atoms with van der Waals surface area (Å²) in [5.41, 5.74) is 0.963. The van der Waals surface area contributed by atoms with Gasteiger partial charge in [0.15, 0.2) is 0 Å². The van der Waals surface area contributed by atoms with E-state index in [2.05, 4.69) is 15.2 Å². The van der Waals surface area contributed by atoms with E-state index in [1.54, 1.807) is 32.2 Å². The minimum absolute atomic E-state index is 0.0186. The van der Waals surface area contributed by atoms with Gasteiger partial charge in [0.1, 0.15) is 17.6 Å². The molecular weight excluding hydrogens is 350 g/mol. The first kappa shape index (κ1) is 16.9. The number of benzene rings is 1. The second-order valence-corrected chi connectivity index (χ2v) is 5.66. The molecule has 9 nitrogen and oxygen atoms in total. The van der Waals surface area contributed by atoms with Gasteiger partial charge in [0, 0.05) is 18.0 Å². The number of aryl methyl sites for hydroxylation is 3. The molecule has 0 saturated heterocycles. The van der Waals surface area contributed by atoms with E-state index in [9.17, 15) is 10.1 Å². The van der Waals surface area contributed by atoms with Crippen molar-refractivity contribution in [3.8, 4) is 17.1 Å². The van der Waals surface area contributed by atoms with Gasteiger partial charge >= 0.3 is 5.69 Å². The third-order valence-corrected chi connectivity index (χ3v) is 3.78. The smallest absolute Gasteiger partial charge is 0.309 e. The molecule has 0 atom stereocenters. The third-order valence-electron chi connectivity index (χ3n) is 3.54. The van der Waals surface area contributed by atoms with Gasteiger partial charge in [-0.3, -0.25) is 14.8 Å². The van der Waals surface area contributed by atoms with Crippen LogP contribution >= 0.6 is 11.6 Å². The quantitative estimate of drug-likeness (QED) is 0.489. The molecule has 0 spiro atoms. The van der Waals surface area contributed by atoms with E-state index in [1.807, 2.05) is 0 Å². The van der Waals surface area contributed by atoms with E-state index in [0.29, 0.717) is 46.7 Å². The van der Waals surface area contributed by atoms with Crippen LogP contribution in [0.25, 0.3) is 11.4 Å². The summed E-state index contributed by atoms with van der Waals surface area (Å²) in [4.78, 5) is 14.7. The second kappa shape index (κ2) is 6.89. The van der Waals surface area contributed by atoms with Crippen molar-refractivity contribution in [2.75, 3.05) is 7.11 Å². The fraction of sp³-hybridized carbons (Fsp3) is 0.267. The van der Waals surface area contributed by atoms with Gasteiger partial charge < -0.3 is 9.26 Å². The summed E-state index contributed by atoms with van der Waals surface area (Å²) in [6, 6.07) is 5.12. The van der Waals surface area contributed by atoms with Crippen LogP contribution in [0, 0.1) is 17.0 Å². The molecule has 130 valence electrons. The molecule has 0 N–H and O–H groups in total. The molecule has 3 aromatic rings. The number of hydrogen-bond acceptors (Lipinski definition) is 7. The molecular formula is C15H14ClN5O4. The lowest BCUT2D eigenvalue weighted by Crippen LogP contribution is -2.02. The Kier molecular flexibility index (Phi) is 4.66. The fourth-order valence-electron chi connectivity index (χ4n) is 2.33. The van der Waals surface area contributed by atoms with Gasteiger partial charge in [-0.05, 0) is 25.1 Å². The number of nitrogens with zero attached hydrogens (tertiary/aromatic N) is 5. The minimum atomic E-state index is -0.463. The number of ether oxygens (including phenoxy) is 1. The summed E-state index contributed by atoms with van der Waals surface area (Å²) in [7, 11) is 1.54. The predicted octanol–water partition coefficient (Wildman–Crippen LogP) is 3.05. The van der Waals surface area contributed by atoms with E-state index in [0.717, 1.165) is 0 Å². The zero-order valence-electron chi connectivity index (χ0n) is 13.5. The summed E-state index contributed by atoms with van der Waals surface area (Å²) in [5.74, 6) is 1.32. The average molecular weight is 364 g/mol. The number of nitro groups is 1. The van der Waals surface area contributed by atoms with Gasteiger partial charge in [0.05, 0.1) is 17.6 Å². The molecule has 0 aliphatic rings. The van der Waals surface area contributed by atoms with Gasteiger partial charge in [-0.25, -0.2) is 0 Å². The molecule has 0 unspecified atom stereocenters. The molecule has 25 heavy (non-hydrogen) atoms. The first-order valence-electron chi connectivity index (χ1n) is 7.33. The van der Waals surface area contributed by atoms with Crippen molar-refractivity contribution in [2.24, 2.45) is 0 Å². The molecule has 3 rings (SSSR count). The molecule has 0 saturated carbocycles. The summed E-state index contributed by atoms with van der Waals surface area (Å²) < 4.78 is 12.0. The summed E-state index contributed by atoms with van der Waals surface area (Å²) >= 11 is 6.01. The maximum atomic E-state index is 10.8. The maximum absolute atomic E-state index is 10.8. The molecule has 0 fully saturated rings. The number of methoxy groups -OCH3 is 1. The Morgan fingerprint density at radius 2 is 2.24 bits per heavy atom. The highest BCUT2D eigenvalue weighted by atomic mass is 35.5. The normalized spacial score (nSPS) is 10.8. The van der Waals surface area contributed by atoms with E-state index in [-0.39, 0.29) is 5.69 Å². The zero-order valence-corrected chi connectivity index (χ0v) is 14.2. The number of aromatic nitrogens is 4. The molecule has 1 aromatic carbocycles. The van der Waals surface area contributed by atoms with Crippen LogP contribution < -0.4 is 4.74 Å². The highest BCUT2D eigenvalue weighted by Gasteiger charge is 2.17. The first-order valence-corrected chi connectivity index (χ1v) is 7.70. The maximum Gasteiger partial charge on any atom is 0.309 e. The lowest BCUT2D eigenvalue weighted by molar-refractivity contribution is -0.385. The van der Waals surface area contributed by atoms with Gasteiger partial charge in [-0.2, -0.15) is 10.1 Å². The average Bonchev–Trinajstić information content (AvgIpc) is 3.19. The van der Waals surface area contributed by atoms with E-state index in [1.165, 1.54) is 10.9 Å². The number of rotatable bonds is 6. The van der Waals surface area contributed by atoms with Gasteiger partial charge in [0.25, 0.3) is 0 Å². The highest BCUT2D eigenvalue weighted by molar-refractivity contribution is 6.30. The van der Waals surface area contributed by atoms with Crippen molar-refractivity contribution in [3.63, 3.8) is 0 Å². The Balaban J connectivity index is 1.75. The standard InChI is InChI=1S/C15H14ClN5O4/c1-9-12(21(22)23)8-20(18-9)6-5-14-17-15(19-25-14)11-7-10(16)3-4-13(11)24-2/h3-4,7-8H,5-6H2,1-2H3. The van der Waals surface area contributed by atoms with Crippen LogP contribution in [0.3, 0.4) is 0 Å². The van der Waals surface area contributed by atoms with E-state index >= 15 is 0 Å². The van der Waals surface area contributed by atoms with Crippen molar-refractivity contribution in [3.05, 3.63) is 51.1 Å². The van der Waals surface area contributed by atoms with Crippen LogP contribution in [0.2, 0.25) is 5.02 Å². The van der Waals surface area contributed by atoms with E-state index in [4.69, 9.17) is 20.9 Å². The Morgan fingerprint density at radius 1 is 1.44 bits per heavy atom. The Hall–Kier alpha value is -2.94. The summed E-state index contributed by atoms with van der Waals surface area (Å²) in [5, 5.41) is 19.4. The molecule has 10 heteroatoms.